The SMILES string of the molecule is COC(=O)c1cc(OC)c(NC(=O)Oc2ccc([N+](=O)[O-])cc2)cc1OC(F)(F)F. The Bertz CT molecular complexity index is 961. The number of methoxy groups -OCH3 is 2. The number of carbonyl (C=O) groups is 2. The van der Waals surface area contributed by atoms with E-state index in [0.29, 0.717) is 6.07 Å². The fourth-order valence-electron chi connectivity index (χ4n) is 2.18. The lowest BCUT2D eigenvalue weighted by atomic mass is 10.1. The number of rotatable bonds is 6. The summed E-state index contributed by atoms with van der Waals surface area (Å²) in [5, 5.41) is 12.8. The van der Waals surface area contributed by atoms with Gasteiger partial charge < -0.3 is 18.9 Å². The molecule has 0 atom stereocenters. The number of ether oxygens (including phenoxy) is 4. The van der Waals surface area contributed by atoms with Gasteiger partial charge in [-0.3, -0.25) is 15.4 Å². The summed E-state index contributed by atoms with van der Waals surface area (Å²) in [6.07, 6.45) is -6.28. The van der Waals surface area contributed by atoms with Gasteiger partial charge >= 0.3 is 18.4 Å². The molecule has 0 spiro atoms. The van der Waals surface area contributed by atoms with Crippen LogP contribution in [-0.2, 0) is 4.74 Å². The quantitative estimate of drug-likeness (QED) is 0.415. The number of carbonyl (C=O) groups excluding carboxylic acids is 2. The van der Waals surface area contributed by atoms with Crippen LogP contribution in [0.2, 0.25) is 0 Å². The number of hydrogen-bond acceptors (Lipinski definition) is 8. The Kier molecular flexibility index (Phi) is 6.66. The number of amides is 1. The van der Waals surface area contributed by atoms with Gasteiger partial charge in [-0.25, -0.2) is 9.59 Å². The molecule has 0 aliphatic carbocycles. The third-order valence-electron chi connectivity index (χ3n) is 3.43. The Hall–Kier alpha value is -4.03. The average Bonchev–Trinajstić information content (AvgIpc) is 2.66. The van der Waals surface area contributed by atoms with E-state index in [9.17, 15) is 32.9 Å². The Morgan fingerprint density at radius 1 is 1.07 bits per heavy atom. The number of nitro benzene ring substituents is 1. The van der Waals surface area contributed by atoms with Crippen LogP contribution >= 0.6 is 0 Å². The topological polar surface area (TPSA) is 126 Å². The van der Waals surface area contributed by atoms with E-state index in [1.165, 1.54) is 0 Å². The second-order valence-corrected chi connectivity index (χ2v) is 5.35. The minimum absolute atomic E-state index is 0.0741. The number of nitrogens with zero attached hydrogens (tertiary/aromatic N) is 1. The molecule has 0 saturated heterocycles. The van der Waals surface area contributed by atoms with Crippen LogP contribution in [0.15, 0.2) is 36.4 Å². The number of hydrogen-bond donors (Lipinski definition) is 1. The van der Waals surface area contributed by atoms with Crippen LogP contribution in [0.25, 0.3) is 0 Å². The van der Waals surface area contributed by atoms with E-state index in [4.69, 9.17) is 9.47 Å². The third kappa shape index (κ3) is 5.73. The molecule has 0 saturated carbocycles. The molecule has 0 aliphatic heterocycles. The van der Waals surface area contributed by atoms with Crippen LogP contribution < -0.4 is 19.5 Å². The highest BCUT2D eigenvalue weighted by atomic mass is 19.4. The number of nitro groups is 1. The van der Waals surface area contributed by atoms with E-state index in [2.05, 4.69) is 14.8 Å². The molecule has 10 nitrogen and oxygen atoms in total. The summed E-state index contributed by atoms with van der Waals surface area (Å²) in [5.41, 5.74) is -1.14. The Morgan fingerprint density at radius 2 is 1.70 bits per heavy atom. The summed E-state index contributed by atoms with van der Waals surface area (Å²) < 4.78 is 56.1. The van der Waals surface area contributed by atoms with Gasteiger partial charge in [0, 0.05) is 24.3 Å². The van der Waals surface area contributed by atoms with Gasteiger partial charge in [0.1, 0.15) is 22.8 Å². The molecule has 1 N–H and O–H groups in total. The molecule has 0 aromatic heterocycles. The molecule has 2 aromatic rings. The van der Waals surface area contributed by atoms with Crippen molar-refractivity contribution in [2.75, 3.05) is 19.5 Å². The van der Waals surface area contributed by atoms with Crippen molar-refractivity contribution in [2.45, 2.75) is 6.36 Å². The summed E-state index contributed by atoms with van der Waals surface area (Å²) >= 11 is 0. The van der Waals surface area contributed by atoms with Gasteiger partial charge in [-0.05, 0) is 12.1 Å². The number of anilines is 1. The van der Waals surface area contributed by atoms with Crippen molar-refractivity contribution in [2.24, 2.45) is 0 Å². The highest BCUT2D eigenvalue weighted by Gasteiger charge is 2.34. The van der Waals surface area contributed by atoms with Crippen LogP contribution in [0, 0.1) is 10.1 Å². The van der Waals surface area contributed by atoms with E-state index >= 15 is 0 Å². The monoisotopic (exact) mass is 430 g/mol. The molecule has 0 unspecified atom stereocenters. The van der Waals surface area contributed by atoms with Crippen molar-refractivity contribution < 1.29 is 46.6 Å². The van der Waals surface area contributed by atoms with Crippen LogP contribution in [-0.4, -0.2) is 37.6 Å². The van der Waals surface area contributed by atoms with E-state index < -0.39 is 34.7 Å². The number of alkyl halides is 3. The second kappa shape index (κ2) is 8.98. The smallest absolute Gasteiger partial charge is 0.495 e. The number of nitrogens with one attached hydrogen (secondary N) is 1. The zero-order valence-electron chi connectivity index (χ0n) is 15.3. The van der Waals surface area contributed by atoms with Crippen molar-refractivity contribution in [1.82, 2.24) is 0 Å². The van der Waals surface area contributed by atoms with Crippen molar-refractivity contribution in [3.8, 4) is 17.2 Å². The van der Waals surface area contributed by atoms with E-state index in [-0.39, 0.29) is 22.9 Å². The molecule has 2 rings (SSSR count). The lowest BCUT2D eigenvalue weighted by Gasteiger charge is -2.16. The van der Waals surface area contributed by atoms with Crippen molar-refractivity contribution in [3.63, 3.8) is 0 Å². The Labute approximate surface area is 166 Å². The predicted molar refractivity (Wildman–Crippen MR) is 93.8 cm³/mol. The van der Waals surface area contributed by atoms with Gasteiger partial charge in [-0.2, -0.15) is 0 Å². The fourth-order valence-corrected chi connectivity index (χ4v) is 2.18. The summed E-state index contributed by atoms with van der Waals surface area (Å²) in [7, 11) is 2.10. The van der Waals surface area contributed by atoms with Gasteiger partial charge in [0.15, 0.2) is 0 Å². The van der Waals surface area contributed by atoms with Gasteiger partial charge in [-0.15, -0.1) is 13.2 Å². The van der Waals surface area contributed by atoms with Crippen LogP contribution in [0.4, 0.5) is 29.3 Å². The first-order valence-electron chi connectivity index (χ1n) is 7.83. The highest BCUT2D eigenvalue weighted by molar-refractivity contribution is 5.96. The van der Waals surface area contributed by atoms with Gasteiger partial charge in [0.25, 0.3) is 5.69 Å². The normalized spacial score (nSPS) is 10.7. The summed E-state index contributed by atoms with van der Waals surface area (Å²) in [4.78, 5) is 33.8. The molecular formula is C17H13F3N2O8. The largest absolute Gasteiger partial charge is 0.573 e. The second-order valence-electron chi connectivity index (χ2n) is 5.35. The van der Waals surface area contributed by atoms with E-state index in [1.807, 2.05) is 0 Å². The molecule has 30 heavy (non-hydrogen) atoms. The molecule has 2 aromatic carbocycles. The Morgan fingerprint density at radius 3 is 2.20 bits per heavy atom. The molecular weight excluding hydrogens is 417 g/mol. The predicted octanol–water partition coefficient (Wildman–Crippen LogP) is 3.90. The minimum Gasteiger partial charge on any atom is -0.495 e. The molecule has 160 valence electrons. The zero-order chi connectivity index (χ0) is 22.5. The van der Waals surface area contributed by atoms with Gasteiger partial charge in [0.05, 0.1) is 24.8 Å². The van der Waals surface area contributed by atoms with Crippen molar-refractivity contribution in [1.29, 1.82) is 0 Å². The Balaban J connectivity index is 2.30. The molecule has 0 aliphatic rings. The lowest BCUT2D eigenvalue weighted by Crippen LogP contribution is -2.21. The number of benzene rings is 2. The number of non-ortho nitro benzene ring substituents is 1. The summed E-state index contributed by atoms with van der Waals surface area (Å²) in [5.74, 6) is -2.34. The standard InChI is InChI=1S/C17H13F3N2O8/c1-27-14-7-11(15(23)28-2)13(30-17(18,19)20)8-12(14)21-16(24)29-10-5-3-9(4-6-10)22(25)26/h3-8H,1-2H3,(H,21,24). The fraction of sp³-hybridized carbons (Fsp3) is 0.176. The number of esters is 1. The van der Waals surface area contributed by atoms with Crippen LogP contribution in [0.3, 0.4) is 0 Å². The van der Waals surface area contributed by atoms with Crippen LogP contribution in [0.1, 0.15) is 10.4 Å². The first kappa shape index (κ1) is 22.3. The van der Waals surface area contributed by atoms with Crippen molar-refractivity contribution >= 4 is 23.4 Å². The molecule has 0 bridgehead atoms. The maximum Gasteiger partial charge on any atom is 0.573 e. The third-order valence-corrected chi connectivity index (χ3v) is 3.43. The minimum atomic E-state index is -5.13. The zero-order valence-corrected chi connectivity index (χ0v) is 15.3. The maximum atomic E-state index is 12.7. The molecule has 0 heterocycles. The molecule has 13 heteroatoms. The molecule has 0 fully saturated rings. The maximum absolute atomic E-state index is 12.7. The molecule has 1 amide bonds. The van der Waals surface area contributed by atoms with E-state index in [0.717, 1.165) is 44.6 Å². The summed E-state index contributed by atoms with van der Waals surface area (Å²) in [6.45, 7) is 0. The van der Waals surface area contributed by atoms with Crippen LogP contribution in [0.5, 0.6) is 17.2 Å². The lowest BCUT2D eigenvalue weighted by molar-refractivity contribution is -0.384. The highest BCUT2D eigenvalue weighted by Crippen LogP contribution is 2.36. The summed E-state index contributed by atoms with van der Waals surface area (Å²) in [6, 6.07) is 6.05. The first-order chi connectivity index (χ1) is 14.0. The van der Waals surface area contributed by atoms with Gasteiger partial charge in [-0.1, -0.05) is 0 Å². The van der Waals surface area contributed by atoms with Gasteiger partial charge in [0.2, 0.25) is 0 Å². The van der Waals surface area contributed by atoms with E-state index in [1.54, 1.807) is 0 Å². The molecule has 0 radical (unpaired) electrons. The van der Waals surface area contributed by atoms with Crippen molar-refractivity contribution in [3.05, 3.63) is 52.1 Å². The number of halogens is 3. The average molecular weight is 430 g/mol. The first-order valence-corrected chi connectivity index (χ1v) is 7.83.